The molecule has 0 atom stereocenters. The zero-order valence-corrected chi connectivity index (χ0v) is 11.7. The van der Waals surface area contributed by atoms with Crippen molar-refractivity contribution in [1.29, 1.82) is 0 Å². The van der Waals surface area contributed by atoms with Gasteiger partial charge in [-0.25, -0.2) is 4.98 Å². The maximum Gasteiger partial charge on any atom is 0.125 e. The highest BCUT2D eigenvalue weighted by molar-refractivity contribution is 5.34. The molecule has 0 aliphatic heterocycles. The number of hydrogen-bond acceptors (Lipinski definition) is 3. The van der Waals surface area contributed by atoms with E-state index in [1.54, 1.807) is 0 Å². The van der Waals surface area contributed by atoms with Crippen molar-refractivity contribution in [3.8, 4) is 0 Å². The van der Waals surface area contributed by atoms with Gasteiger partial charge in [0.25, 0.3) is 0 Å². The molecule has 0 aliphatic rings. The van der Waals surface area contributed by atoms with Crippen molar-refractivity contribution in [2.75, 3.05) is 19.0 Å². The van der Waals surface area contributed by atoms with Crippen LogP contribution in [-0.4, -0.2) is 18.6 Å². The Balaban J connectivity index is 2.00. The minimum Gasteiger partial charge on any atom is -0.377 e. The Morgan fingerprint density at radius 1 is 1.11 bits per heavy atom. The molecule has 1 N–H and O–H groups in total. The lowest BCUT2D eigenvalue weighted by molar-refractivity contribution is 0.116. The molecule has 0 spiro atoms. The first-order chi connectivity index (χ1) is 8.86. The lowest BCUT2D eigenvalue weighted by Crippen LogP contribution is -1.97. The molecule has 0 bridgehead atoms. The highest BCUT2D eigenvalue weighted by atomic mass is 16.5. The number of nitrogens with one attached hydrogen (secondary N) is 1. The maximum absolute atomic E-state index is 5.64. The van der Waals surface area contributed by atoms with E-state index in [2.05, 4.69) is 23.3 Å². The summed E-state index contributed by atoms with van der Waals surface area (Å²) < 4.78 is 5.64. The van der Waals surface area contributed by atoms with E-state index in [0.29, 0.717) is 6.61 Å². The van der Waals surface area contributed by atoms with Gasteiger partial charge in [0.05, 0.1) is 6.61 Å². The summed E-state index contributed by atoms with van der Waals surface area (Å²) >= 11 is 0. The zero-order valence-electron chi connectivity index (χ0n) is 11.7. The molecule has 1 heterocycles. The van der Waals surface area contributed by atoms with Gasteiger partial charge in [0.2, 0.25) is 0 Å². The summed E-state index contributed by atoms with van der Waals surface area (Å²) in [6.45, 7) is 3.78. The summed E-state index contributed by atoms with van der Waals surface area (Å²) in [5, 5.41) is 3.00. The van der Waals surface area contributed by atoms with Gasteiger partial charge >= 0.3 is 0 Å². The van der Waals surface area contributed by atoms with Crippen molar-refractivity contribution in [2.45, 2.75) is 52.1 Å². The molecule has 1 aromatic heterocycles. The molecule has 102 valence electrons. The van der Waals surface area contributed by atoms with E-state index >= 15 is 0 Å². The van der Waals surface area contributed by atoms with Crippen LogP contribution in [0.5, 0.6) is 0 Å². The van der Waals surface area contributed by atoms with Crippen LogP contribution in [0, 0.1) is 0 Å². The van der Waals surface area contributed by atoms with Crippen molar-refractivity contribution >= 4 is 5.82 Å². The number of ether oxygens (including phenoxy) is 1. The quantitative estimate of drug-likeness (QED) is 0.637. The fourth-order valence-corrected chi connectivity index (χ4v) is 1.83. The Morgan fingerprint density at radius 2 is 1.89 bits per heavy atom. The Labute approximate surface area is 111 Å². The number of rotatable bonds is 10. The second-order valence-electron chi connectivity index (χ2n) is 4.62. The number of anilines is 1. The van der Waals surface area contributed by atoms with Crippen molar-refractivity contribution in [3.05, 3.63) is 23.9 Å². The normalized spacial score (nSPS) is 10.6. The van der Waals surface area contributed by atoms with Gasteiger partial charge in [-0.15, -0.1) is 0 Å². The highest BCUT2D eigenvalue weighted by Gasteiger charge is 1.95. The molecule has 1 rings (SSSR count). The monoisotopic (exact) mass is 250 g/mol. The SMILES string of the molecule is CCCCCCCCOCc1ccc(NC)nc1. The van der Waals surface area contributed by atoms with Crippen LogP contribution in [0.3, 0.4) is 0 Å². The summed E-state index contributed by atoms with van der Waals surface area (Å²) in [6, 6.07) is 4.03. The second-order valence-corrected chi connectivity index (χ2v) is 4.62. The van der Waals surface area contributed by atoms with Gasteiger partial charge in [0.1, 0.15) is 5.82 Å². The molecule has 18 heavy (non-hydrogen) atoms. The standard InChI is InChI=1S/C15H26N2O/c1-3-4-5-6-7-8-11-18-13-14-9-10-15(16-2)17-12-14/h9-10,12H,3-8,11,13H2,1-2H3,(H,16,17). The topological polar surface area (TPSA) is 34.1 Å². The fourth-order valence-electron chi connectivity index (χ4n) is 1.83. The number of unbranched alkanes of at least 4 members (excludes halogenated alkanes) is 5. The lowest BCUT2D eigenvalue weighted by Gasteiger charge is -2.05. The van der Waals surface area contributed by atoms with Gasteiger partial charge in [0, 0.05) is 19.9 Å². The van der Waals surface area contributed by atoms with E-state index < -0.39 is 0 Å². The molecule has 0 aliphatic carbocycles. The minimum absolute atomic E-state index is 0.673. The molecule has 0 saturated heterocycles. The van der Waals surface area contributed by atoms with E-state index in [9.17, 15) is 0 Å². The smallest absolute Gasteiger partial charge is 0.125 e. The highest BCUT2D eigenvalue weighted by Crippen LogP contribution is 2.07. The molecular weight excluding hydrogens is 224 g/mol. The number of aromatic nitrogens is 1. The van der Waals surface area contributed by atoms with E-state index in [1.807, 2.05) is 19.3 Å². The predicted octanol–water partition coefficient (Wildman–Crippen LogP) is 4.00. The van der Waals surface area contributed by atoms with Gasteiger partial charge < -0.3 is 10.1 Å². The number of pyridine rings is 1. The van der Waals surface area contributed by atoms with Gasteiger partial charge in [-0.05, 0) is 18.1 Å². The average Bonchev–Trinajstić information content (AvgIpc) is 2.42. The third-order valence-corrected chi connectivity index (χ3v) is 2.99. The van der Waals surface area contributed by atoms with Crippen LogP contribution in [0.15, 0.2) is 18.3 Å². The minimum atomic E-state index is 0.673. The molecule has 0 unspecified atom stereocenters. The molecule has 3 nitrogen and oxygen atoms in total. The molecule has 0 fully saturated rings. The van der Waals surface area contributed by atoms with Gasteiger partial charge in [0.15, 0.2) is 0 Å². The summed E-state index contributed by atoms with van der Waals surface area (Å²) in [6.07, 6.45) is 9.72. The van der Waals surface area contributed by atoms with Crippen molar-refractivity contribution in [2.24, 2.45) is 0 Å². The van der Waals surface area contributed by atoms with Crippen LogP contribution in [-0.2, 0) is 11.3 Å². The summed E-state index contributed by atoms with van der Waals surface area (Å²) in [4.78, 5) is 4.25. The summed E-state index contributed by atoms with van der Waals surface area (Å²) in [5.74, 6) is 0.898. The van der Waals surface area contributed by atoms with Gasteiger partial charge in [-0.1, -0.05) is 45.1 Å². The maximum atomic E-state index is 5.64. The van der Waals surface area contributed by atoms with E-state index in [1.165, 1.54) is 38.5 Å². The Hall–Kier alpha value is -1.09. The second kappa shape index (κ2) is 9.89. The Bertz CT molecular complexity index is 298. The van der Waals surface area contributed by atoms with Crippen LogP contribution < -0.4 is 5.32 Å². The third kappa shape index (κ3) is 6.60. The Kier molecular flexibility index (Phi) is 8.23. The van der Waals surface area contributed by atoms with E-state index in [-0.39, 0.29) is 0 Å². The largest absolute Gasteiger partial charge is 0.377 e. The molecule has 0 aromatic carbocycles. The number of hydrogen-bond donors (Lipinski definition) is 1. The summed E-state index contributed by atoms with van der Waals surface area (Å²) in [7, 11) is 1.87. The molecule has 0 amide bonds. The Morgan fingerprint density at radius 3 is 2.56 bits per heavy atom. The molecule has 0 saturated carbocycles. The molecular formula is C15H26N2O. The first-order valence-electron chi connectivity index (χ1n) is 7.07. The third-order valence-electron chi connectivity index (χ3n) is 2.99. The fraction of sp³-hybridized carbons (Fsp3) is 0.667. The van der Waals surface area contributed by atoms with Gasteiger partial charge in [-0.2, -0.15) is 0 Å². The predicted molar refractivity (Wildman–Crippen MR) is 76.8 cm³/mol. The van der Waals surface area contributed by atoms with E-state index in [4.69, 9.17) is 4.74 Å². The first kappa shape index (κ1) is 15.0. The molecule has 3 heteroatoms. The molecule has 0 radical (unpaired) electrons. The van der Waals surface area contributed by atoms with Crippen molar-refractivity contribution in [3.63, 3.8) is 0 Å². The van der Waals surface area contributed by atoms with Crippen LogP contribution in [0.25, 0.3) is 0 Å². The van der Waals surface area contributed by atoms with Crippen LogP contribution in [0.1, 0.15) is 51.0 Å². The first-order valence-corrected chi connectivity index (χ1v) is 7.07. The lowest BCUT2D eigenvalue weighted by atomic mass is 10.1. The van der Waals surface area contributed by atoms with Crippen molar-refractivity contribution < 1.29 is 4.74 Å². The molecule has 1 aromatic rings. The van der Waals surface area contributed by atoms with E-state index in [0.717, 1.165) is 18.0 Å². The summed E-state index contributed by atoms with van der Waals surface area (Å²) in [5.41, 5.74) is 1.14. The average molecular weight is 250 g/mol. The van der Waals surface area contributed by atoms with Crippen LogP contribution in [0.2, 0.25) is 0 Å². The van der Waals surface area contributed by atoms with Crippen LogP contribution >= 0.6 is 0 Å². The van der Waals surface area contributed by atoms with Gasteiger partial charge in [-0.3, -0.25) is 0 Å². The number of nitrogens with zero attached hydrogens (tertiary/aromatic N) is 1. The zero-order chi connectivity index (χ0) is 13.1. The van der Waals surface area contributed by atoms with Crippen molar-refractivity contribution in [1.82, 2.24) is 4.98 Å². The van der Waals surface area contributed by atoms with Crippen LogP contribution in [0.4, 0.5) is 5.82 Å².